The Kier molecular flexibility index (Phi) is 3.72. The van der Waals surface area contributed by atoms with E-state index in [9.17, 15) is 0 Å². The maximum atomic E-state index is 3.60. The fraction of sp³-hybridized carbons (Fsp3) is 0.412. The third-order valence-corrected chi connectivity index (χ3v) is 5.01. The summed E-state index contributed by atoms with van der Waals surface area (Å²) in [6.07, 6.45) is 2.76. The van der Waals surface area contributed by atoms with Crippen molar-refractivity contribution in [1.82, 2.24) is 5.32 Å². The monoisotopic (exact) mass is 271 g/mol. The van der Waals surface area contributed by atoms with Crippen LogP contribution in [-0.4, -0.2) is 0 Å². The SMILES string of the molecule is Cc1ccc(C(C)NCc2ccc(C3CC3)cc2)s1. The maximum Gasteiger partial charge on any atom is 0.0388 e. The summed E-state index contributed by atoms with van der Waals surface area (Å²) in [7, 11) is 0. The van der Waals surface area contributed by atoms with E-state index in [0.717, 1.165) is 12.5 Å². The van der Waals surface area contributed by atoms with E-state index in [0.29, 0.717) is 6.04 Å². The number of hydrogen-bond donors (Lipinski definition) is 1. The van der Waals surface area contributed by atoms with Crippen LogP contribution in [0.25, 0.3) is 0 Å². The van der Waals surface area contributed by atoms with Gasteiger partial charge in [0.15, 0.2) is 0 Å². The predicted octanol–water partition coefficient (Wildman–Crippen LogP) is 4.78. The molecule has 0 aliphatic heterocycles. The lowest BCUT2D eigenvalue weighted by Gasteiger charge is -2.12. The van der Waals surface area contributed by atoms with Crippen molar-refractivity contribution in [3.63, 3.8) is 0 Å². The van der Waals surface area contributed by atoms with E-state index in [1.54, 1.807) is 0 Å². The lowest BCUT2D eigenvalue weighted by Crippen LogP contribution is -2.17. The molecule has 1 aliphatic carbocycles. The molecule has 100 valence electrons. The molecule has 3 rings (SSSR count). The first-order valence-electron chi connectivity index (χ1n) is 7.11. The largest absolute Gasteiger partial charge is 0.305 e. The standard InChI is InChI=1S/C17H21NS/c1-12-3-10-17(19-12)13(2)18-11-14-4-6-15(7-5-14)16-8-9-16/h3-7,10,13,16,18H,8-9,11H2,1-2H3. The summed E-state index contributed by atoms with van der Waals surface area (Å²) < 4.78 is 0. The summed E-state index contributed by atoms with van der Waals surface area (Å²) in [5, 5.41) is 3.60. The summed E-state index contributed by atoms with van der Waals surface area (Å²) in [5.41, 5.74) is 2.90. The Hall–Kier alpha value is -1.12. The highest BCUT2D eigenvalue weighted by Gasteiger charge is 2.22. The molecule has 0 bridgehead atoms. The number of thiophene rings is 1. The van der Waals surface area contributed by atoms with E-state index in [2.05, 4.69) is 55.6 Å². The zero-order chi connectivity index (χ0) is 13.2. The van der Waals surface area contributed by atoms with Crippen LogP contribution < -0.4 is 5.32 Å². The molecular formula is C17H21NS. The maximum absolute atomic E-state index is 3.60. The number of hydrogen-bond acceptors (Lipinski definition) is 2. The first kappa shape index (κ1) is 12.9. The zero-order valence-corrected chi connectivity index (χ0v) is 12.5. The van der Waals surface area contributed by atoms with Gasteiger partial charge in [-0.05, 0) is 55.9 Å². The van der Waals surface area contributed by atoms with Gasteiger partial charge in [-0.2, -0.15) is 0 Å². The van der Waals surface area contributed by atoms with Crippen molar-refractivity contribution in [2.24, 2.45) is 0 Å². The minimum atomic E-state index is 0.432. The molecule has 19 heavy (non-hydrogen) atoms. The Balaban J connectivity index is 1.56. The second-order valence-corrected chi connectivity index (χ2v) is 6.89. The molecule has 0 spiro atoms. The van der Waals surface area contributed by atoms with Crippen LogP contribution in [0.15, 0.2) is 36.4 Å². The number of aryl methyl sites for hydroxylation is 1. The number of rotatable bonds is 5. The van der Waals surface area contributed by atoms with E-state index >= 15 is 0 Å². The Morgan fingerprint density at radius 3 is 2.47 bits per heavy atom. The Labute approximate surface area is 119 Å². The van der Waals surface area contributed by atoms with Gasteiger partial charge < -0.3 is 5.32 Å². The van der Waals surface area contributed by atoms with Crippen LogP contribution in [-0.2, 0) is 6.54 Å². The Bertz CT molecular complexity index is 537. The van der Waals surface area contributed by atoms with Crippen LogP contribution in [0.4, 0.5) is 0 Å². The molecule has 1 heterocycles. The molecular weight excluding hydrogens is 250 g/mol. The van der Waals surface area contributed by atoms with Gasteiger partial charge in [0.05, 0.1) is 0 Å². The molecule has 2 heteroatoms. The van der Waals surface area contributed by atoms with Crippen molar-refractivity contribution in [3.05, 3.63) is 57.3 Å². The molecule has 1 aliphatic rings. The number of nitrogens with one attached hydrogen (secondary N) is 1. The fourth-order valence-electron chi connectivity index (χ4n) is 2.38. The normalized spacial score (nSPS) is 16.5. The van der Waals surface area contributed by atoms with Crippen molar-refractivity contribution >= 4 is 11.3 Å². The molecule has 1 nitrogen and oxygen atoms in total. The van der Waals surface area contributed by atoms with Crippen LogP contribution in [0.2, 0.25) is 0 Å². The molecule has 1 unspecified atom stereocenters. The molecule has 1 fully saturated rings. The molecule has 0 saturated heterocycles. The van der Waals surface area contributed by atoms with Gasteiger partial charge in [-0.3, -0.25) is 0 Å². The van der Waals surface area contributed by atoms with Gasteiger partial charge in [0, 0.05) is 22.3 Å². The molecule has 1 atom stereocenters. The van der Waals surface area contributed by atoms with E-state index in [1.807, 2.05) is 11.3 Å². The van der Waals surface area contributed by atoms with Gasteiger partial charge in [-0.15, -0.1) is 11.3 Å². The molecule has 0 amide bonds. The van der Waals surface area contributed by atoms with Gasteiger partial charge in [-0.1, -0.05) is 24.3 Å². The summed E-state index contributed by atoms with van der Waals surface area (Å²) in [6.45, 7) is 5.35. The second kappa shape index (κ2) is 5.48. The topological polar surface area (TPSA) is 12.0 Å². The lowest BCUT2D eigenvalue weighted by molar-refractivity contribution is 0.583. The molecule has 1 saturated carbocycles. The number of benzene rings is 1. The smallest absolute Gasteiger partial charge is 0.0388 e. The van der Waals surface area contributed by atoms with Crippen LogP contribution in [0, 0.1) is 6.92 Å². The molecule has 1 N–H and O–H groups in total. The molecule has 2 aromatic rings. The second-order valence-electron chi connectivity index (χ2n) is 5.57. The third-order valence-electron chi connectivity index (χ3n) is 3.83. The molecule has 1 aromatic carbocycles. The van der Waals surface area contributed by atoms with Gasteiger partial charge in [-0.25, -0.2) is 0 Å². The third kappa shape index (κ3) is 3.26. The van der Waals surface area contributed by atoms with Crippen molar-refractivity contribution in [2.45, 2.75) is 45.2 Å². The lowest BCUT2D eigenvalue weighted by atomic mass is 10.1. The van der Waals surface area contributed by atoms with Crippen LogP contribution in [0.5, 0.6) is 0 Å². The van der Waals surface area contributed by atoms with Crippen LogP contribution in [0.3, 0.4) is 0 Å². The molecule has 0 radical (unpaired) electrons. The van der Waals surface area contributed by atoms with Crippen LogP contribution in [0.1, 0.15) is 52.6 Å². The van der Waals surface area contributed by atoms with Gasteiger partial charge in [0.2, 0.25) is 0 Å². The fourth-order valence-corrected chi connectivity index (χ4v) is 3.29. The minimum absolute atomic E-state index is 0.432. The summed E-state index contributed by atoms with van der Waals surface area (Å²) >= 11 is 1.88. The summed E-state index contributed by atoms with van der Waals surface area (Å²) in [4.78, 5) is 2.81. The summed E-state index contributed by atoms with van der Waals surface area (Å²) in [6, 6.07) is 14.0. The zero-order valence-electron chi connectivity index (χ0n) is 11.6. The minimum Gasteiger partial charge on any atom is -0.305 e. The van der Waals surface area contributed by atoms with Crippen molar-refractivity contribution in [1.29, 1.82) is 0 Å². The van der Waals surface area contributed by atoms with Gasteiger partial charge >= 0.3 is 0 Å². The quantitative estimate of drug-likeness (QED) is 0.825. The Morgan fingerprint density at radius 2 is 1.89 bits per heavy atom. The van der Waals surface area contributed by atoms with Crippen molar-refractivity contribution in [3.8, 4) is 0 Å². The highest BCUT2D eigenvalue weighted by Crippen LogP contribution is 2.39. The van der Waals surface area contributed by atoms with Gasteiger partial charge in [0.1, 0.15) is 0 Å². The van der Waals surface area contributed by atoms with Crippen LogP contribution >= 0.6 is 11.3 Å². The van der Waals surface area contributed by atoms with E-state index in [-0.39, 0.29) is 0 Å². The highest BCUT2D eigenvalue weighted by atomic mass is 32.1. The molecule has 1 aromatic heterocycles. The first-order chi connectivity index (χ1) is 9.22. The van der Waals surface area contributed by atoms with E-state index in [1.165, 1.54) is 33.7 Å². The van der Waals surface area contributed by atoms with E-state index < -0.39 is 0 Å². The van der Waals surface area contributed by atoms with Crippen molar-refractivity contribution < 1.29 is 0 Å². The predicted molar refractivity (Wildman–Crippen MR) is 82.7 cm³/mol. The van der Waals surface area contributed by atoms with E-state index in [4.69, 9.17) is 0 Å². The van der Waals surface area contributed by atoms with Gasteiger partial charge in [0.25, 0.3) is 0 Å². The Morgan fingerprint density at radius 1 is 1.16 bits per heavy atom. The van der Waals surface area contributed by atoms with Crippen molar-refractivity contribution in [2.75, 3.05) is 0 Å². The first-order valence-corrected chi connectivity index (χ1v) is 7.92. The highest BCUT2D eigenvalue weighted by molar-refractivity contribution is 7.12. The average Bonchev–Trinajstić information content (AvgIpc) is 3.19. The average molecular weight is 271 g/mol. The summed E-state index contributed by atoms with van der Waals surface area (Å²) in [5.74, 6) is 0.857.